The van der Waals surface area contributed by atoms with Gasteiger partial charge in [-0.25, -0.2) is 13.1 Å². The quantitative estimate of drug-likeness (QED) is 0.667. The van der Waals surface area contributed by atoms with E-state index in [4.69, 9.17) is 4.74 Å². The molecule has 144 valence electrons. The summed E-state index contributed by atoms with van der Waals surface area (Å²) in [5, 5.41) is 3.64. The minimum Gasteiger partial charge on any atom is -0.495 e. The second kappa shape index (κ2) is 7.21. The largest absolute Gasteiger partial charge is 0.495 e. The van der Waals surface area contributed by atoms with Crippen LogP contribution in [0.1, 0.15) is 23.2 Å². The number of nitrogens with one attached hydrogen (secondary N) is 2. The van der Waals surface area contributed by atoms with Crippen molar-refractivity contribution in [2.45, 2.75) is 23.8 Å². The Morgan fingerprint density at radius 2 is 1.96 bits per heavy atom. The maximum absolute atomic E-state index is 12.8. The molecular weight excluding hydrogens is 378 g/mol. The molecule has 0 atom stereocenters. The first-order valence-corrected chi connectivity index (χ1v) is 10.3. The van der Waals surface area contributed by atoms with Crippen molar-refractivity contribution in [2.24, 2.45) is 0 Å². The summed E-state index contributed by atoms with van der Waals surface area (Å²) in [6, 6.07) is 13.4. The molecule has 7 nitrogen and oxygen atoms in total. The van der Waals surface area contributed by atoms with Gasteiger partial charge in [0.25, 0.3) is 5.91 Å². The Kier molecular flexibility index (Phi) is 4.74. The van der Waals surface area contributed by atoms with Crippen molar-refractivity contribution in [1.29, 1.82) is 0 Å². The predicted octanol–water partition coefficient (Wildman–Crippen LogP) is 2.94. The van der Waals surface area contributed by atoms with E-state index < -0.39 is 15.9 Å². The van der Waals surface area contributed by atoms with Gasteiger partial charge in [0, 0.05) is 23.2 Å². The normalized spacial score (nSPS) is 14.0. The maximum Gasteiger partial charge on any atom is 0.255 e. The zero-order valence-electron chi connectivity index (χ0n) is 15.2. The molecule has 1 amide bonds. The molecule has 1 aliphatic rings. The van der Waals surface area contributed by atoms with E-state index in [1.807, 2.05) is 12.1 Å². The summed E-state index contributed by atoms with van der Waals surface area (Å²) in [4.78, 5) is 17.0. The number of fused-ring (bicyclic) bond motifs is 1. The summed E-state index contributed by atoms with van der Waals surface area (Å²) in [6.07, 6.45) is 3.31. The van der Waals surface area contributed by atoms with Gasteiger partial charge in [0.05, 0.1) is 18.3 Å². The molecular formula is C20H19N3O4S. The lowest BCUT2D eigenvalue weighted by molar-refractivity contribution is 0.102. The highest BCUT2D eigenvalue weighted by molar-refractivity contribution is 7.89. The number of ether oxygens (including phenoxy) is 1. The van der Waals surface area contributed by atoms with Gasteiger partial charge >= 0.3 is 0 Å². The van der Waals surface area contributed by atoms with Gasteiger partial charge in [0.2, 0.25) is 10.0 Å². The van der Waals surface area contributed by atoms with E-state index in [1.165, 1.54) is 25.3 Å². The second-order valence-electron chi connectivity index (χ2n) is 6.59. The summed E-state index contributed by atoms with van der Waals surface area (Å²) in [6.45, 7) is 0. The van der Waals surface area contributed by atoms with Crippen LogP contribution in [0.25, 0.3) is 10.9 Å². The number of nitrogens with zero attached hydrogens (tertiary/aromatic N) is 1. The molecule has 0 spiro atoms. The number of pyridine rings is 1. The SMILES string of the molecule is COc1ccc(C(=O)Nc2cccc3ncccc23)cc1S(=O)(=O)NC1CC1. The Labute approximate surface area is 162 Å². The van der Waals surface area contributed by atoms with Crippen LogP contribution in [0.3, 0.4) is 0 Å². The molecule has 0 unspecified atom stereocenters. The van der Waals surface area contributed by atoms with E-state index in [1.54, 1.807) is 24.4 Å². The van der Waals surface area contributed by atoms with E-state index in [9.17, 15) is 13.2 Å². The molecule has 1 aromatic heterocycles. The van der Waals surface area contributed by atoms with E-state index in [-0.39, 0.29) is 22.3 Å². The fraction of sp³-hybridized carbons (Fsp3) is 0.200. The second-order valence-corrected chi connectivity index (χ2v) is 8.27. The van der Waals surface area contributed by atoms with Crippen LogP contribution < -0.4 is 14.8 Å². The third-order valence-corrected chi connectivity index (χ3v) is 6.05. The first-order chi connectivity index (χ1) is 13.5. The summed E-state index contributed by atoms with van der Waals surface area (Å²) in [5.74, 6) is -0.221. The lowest BCUT2D eigenvalue weighted by Gasteiger charge is -2.13. The van der Waals surface area contributed by atoms with Crippen molar-refractivity contribution in [3.8, 4) is 5.75 Å². The van der Waals surface area contributed by atoms with Crippen LogP contribution in [0, 0.1) is 0 Å². The Bertz CT molecular complexity index is 1150. The Morgan fingerprint density at radius 3 is 2.71 bits per heavy atom. The highest BCUT2D eigenvalue weighted by Crippen LogP contribution is 2.29. The van der Waals surface area contributed by atoms with Crippen molar-refractivity contribution in [3.63, 3.8) is 0 Å². The van der Waals surface area contributed by atoms with Gasteiger partial charge in [0.1, 0.15) is 10.6 Å². The lowest BCUT2D eigenvalue weighted by Crippen LogP contribution is -2.26. The van der Waals surface area contributed by atoms with Gasteiger partial charge in [-0.1, -0.05) is 6.07 Å². The summed E-state index contributed by atoms with van der Waals surface area (Å²) < 4.78 is 33.1. The zero-order chi connectivity index (χ0) is 19.7. The number of carbonyl (C=O) groups is 1. The number of rotatable bonds is 6. The molecule has 28 heavy (non-hydrogen) atoms. The predicted molar refractivity (Wildman–Crippen MR) is 106 cm³/mol. The van der Waals surface area contributed by atoms with Gasteiger partial charge in [0.15, 0.2) is 0 Å². The van der Waals surface area contributed by atoms with Gasteiger partial charge in [-0.3, -0.25) is 9.78 Å². The molecule has 8 heteroatoms. The van der Waals surface area contributed by atoms with E-state index in [0.29, 0.717) is 5.69 Å². The van der Waals surface area contributed by atoms with Crippen molar-refractivity contribution in [2.75, 3.05) is 12.4 Å². The minimum atomic E-state index is -3.77. The van der Waals surface area contributed by atoms with Crippen molar-refractivity contribution in [3.05, 3.63) is 60.3 Å². The highest BCUT2D eigenvalue weighted by Gasteiger charge is 2.30. The number of aromatic nitrogens is 1. The monoisotopic (exact) mass is 397 g/mol. The van der Waals surface area contributed by atoms with Crippen molar-refractivity contribution < 1.29 is 17.9 Å². The van der Waals surface area contributed by atoms with Crippen molar-refractivity contribution >= 4 is 32.5 Å². The van der Waals surface area contributed by atoms with Crippen LogP contribution in [0.2, 0.25) is 0 Å². The Morgan fingerprint density at radius 1 is 1.14 bits per heavy atom. The molecule has 1 saturated carbocycles. The number of hydrogen-bond acceptors (Lipinski definition) is 5. The van der Waals surface area contributed by atoms with Crippen LogP contribution in [0.5, 0.6) is 5.75 Å². The molecule has 1 heterocycles. The van der Waals surface area contributed by atoms with Gasteiger partial charge in [-0.2, -0.15) is 0 Å². The van der Waals surface area contributed by atoms with Gasteiger partial charge in [-0.05, 0) is 55.3 Å². The number of methoxy groups -OCH3 is 1. The van der Waals surface area contributed by atoms with E-state index in [2.05, 4.69) is 15.0 Å². The molecule has 3 aromatic rings. The third kappa shape index (κ3) is 3.69. The first kappa shape index (κ1) is 18.4. The number of amides is 1. The molecule has 0 aliphatic heterocycles. The van der Waals surface area contributed by atoms with Crippen LogP contribution in [0.15, 0.2) is 59.6 Å². The first-order valence-electron chi connectivity index (χ1n) is 8.83. The van der Waals surface area contributed by atoms with Crippen LogP contribution in [-0.2, 0) is 10.0 Å². The molecule has 2 N–H and O–H groups in total. The number of hydrogen-bond donors (Lipinski definition) is 2. The average molecular weight is 397 g/mol. The van der Waals surface area contributed by atoms with Crippen LogP contribution >= 0.6 is 0 Å². The third-order valence-electron chi connectivity index (χ3n) is 4.51. The Balaban J connectivity index is 1.67. The summed E-state index contributed by atoms with van der Waals surface area (Å²) in [5.41, 5.74) is 1.58. The summed E-state index contributed by atoms with van der Waals surface area (Å²) >= 11 is 0. The lowest BCUT2D eigenvalue weighted by atomic mass is 10.1. The molecule has 1 fully saturated rings. The number of carbonyl (C=O) groups excluding carboxylic acids is 1. The van der Waals surface area contributed by atoms with Crippen LogP contribution in [0.4, 0.5) is 5.69 Å². The fourth-order valence-electron chi connectivity index (χ4n) is 2.92. The summed E-state index contributed by atoms with van der Waals surface area (Å²) in [7, 11) is -2.37. The minimum absolute atomic E-state index is 0.0460. The molecule has 0 radical (unpaired) electrons. The molecule has 0 saturated heterocycles. The number of anilines is 1. The fourth-order valence-corrected chi connectivity index (χ4v) is 4.42. The highest BCUT2D eigenvalue weighted by atomic mass is 32.2. The van der Waals surface area contributed by atoms with Gasteiger partial charge in [-0.15, -0.1) is 0 Å². The van der Waals surface area contributed by atoms with E-state index in [0.717, 1.165) is 23.7 Å². The Hall–Kier alpha value is -2.97. The molecule has 1 aliphatic carbocycles. The van der Waals surface area contributed by atoms with Crippen molar-refractivity contribution in [1.82, 2.24) is 9.71 Å². The number of benzene rings is 2. The standard InChI is InChI=1S/C20H19N3O4S/c1-27-18-10-7-13(12-19(18)28(25,26)23-14-8-9-14)20(24)22-17-6-2-5-16-15(17)4-3-11-21-16/h2-7,10-12,14,23H,8-9H2,1H3,(H,22,24). The topological polar surface area (TPSA) is 97.4 Å². The molecule has 2 aromatic carbocycles. The molecule has 0 bridgehead atoms. The van der Waals surface area contributed by atoms with Crippen LogP contribution in [-0.4, -0.2) is 32.5 Å². The number of sulfonamides is 1. The smallest absolute Gasteiger partial charge is 0.255 e. The molecule has 4 rings (SSSR count). The van der Waals surface area contributed by atoms with Gasteiger partial charge < -0.3 is 10.1 Å². The maximum atomic E-state index is 12.8. The average Bonchev–Trinajstić information content (AvgIpc) is 3.51. The zero-order valence-corrected chi connectivity index (χ0v) is 16.0. The van der Waals surface area contributed by atoms with E-state index >= 15 is 0 Å².